The zero-order valence-corrected chi connectivity index (χ0v) is 13.1. The second kappa shape index (κ2) is 6.00. The maximum Gasteiger partial charge on any atom is 0.358 e. The highest BCUT2D eigenvalue weighted by atomic mass is 32.2. The van der Waals surface area contributed by atoms with Crippen LogP contribution in [0.25, 0.3) is 0 Å². The lowest BCUT2D eigenvalue weighted by molar-refractivity contribution is 0.0590. The van der Waals surface area contributed by atoms with Gasteiger partial charge in [-0.2, -0.15) is 0 Å². The fraction of sp³-hybridized carbons (Fsp3) is 0.273. The SMILES string of the molecule is COC(=O)c1ncsc1S(=O)(=O)N[C@@H](C)c1cccs1. The van der Waals surface area contributed by atoms with Crippen molar-refractivity contribution in [3.8, 4) is 0 Å². The van der Waals surface area contributed by atoms with Crippen LogP contribution in [0.2, 0.25) is 0 Å². The van der Waals surface area contributed by atoms with Crippen LogP contribution in [0.3, 0.4) is 0 Å². The molecule has 0 aliphatic heterocycles. The van der Waals surface area contributed by atoms with Crippen LogP contribution in [-0.2, 0) is 14.8 Å². The Morgan fingerprint density at radius 2 is 2.20 bits per heavy atom. The Balaban J connectivity index is 2.27. The molecule has 1 atom stereocenters. The fourth-order valence-corrected chi connectivity index (χ4v) is 4.72. The molecule has 0 fully saturated rings. The van der Waals surface area contributed by atoms with Crippen molar-refractivity contribution in [2.24, 2.45) is 0 Å². The van der Waals surface area contributed by atoms with Gasteiger partial charge in [0.1, 0.15) is 0 Å². The molecule has 0 amide bonds. The zero-order valence-electron chi connectivity index (χ0n) is 10.7. The van der Waals surface area contributed by atoms with E-state index in [9.17, 15) is 13.2 Å². The predicted octanol–water partition coefficient (Wildman–Crippen LogP) is 2.03. The average Bonchev–Trinajstić information content (AvgIpc) is 3.08. The first-order chi connectivity index (χ1) is 9.45. The van der Waals surface area contributed by atoms with E-state index in [0.717, 1.165) is 16.2 Å². The molecule has 0 saturated heterocycles. The van der Waals surface area contributed by atoms with Crippen molar-refractivity contribution in [1.29, 1.82) is 0 Å². The van der Waals surface area contributed by atoms with Gasteiger partial charge < -0.3 is 4.74 Å². The number of hydrogen-bond acceptors (Lipinski definition) is 7. The molecule has 9 heteroatoms. The number of carbonyl (C=O) groups excluding carboxylic acids is 1. The van der Waals surface area contributed by atoms with Crippen LogP contribution in [0.5, 0.6) is 0 Å². The van der Waals surface area contributed by atoms with Gasteiger partial charge in [0.25, 0.3) is 10.0 Å². The summed E-state index contributed by atoms with van der Waals surface area (Å²) in [5, 5.41) is 1.87. The maximum absolute atomic E-state index is 12.3. The molecule has 0 aromatic carbocycles. The first kappa shape index (κ1) is 15.1. The third-order valence-corrected chi connectivity index (χ3v) is 6.43. The van der Waals surface area contributed by atoms with Crippen molar-refractivity contribution >= 4 is 38.7 Å². The summed E-state index contributed by atoms with van der Waals surface area (Å²) in [5.41, 5.74) is 1.11. The minimum absolute atomic E-state index is 0.132. The molecule has 0 bridgehead atoms. The number of ether oxygens (including phenoxy) is 1. The van der Waals surface area contributed by atoms with E-state index in [0.29, 0.717) is 0 Å². The Hall–Kier alpha value is -1.29. The number of esters is 1. The summed E-state index contributed by atoms with van der Waals surface area (Å²) in [6.07, 6.45) is 0. The predicted molar refractivity (Wildman–Crippen MR) is 76.5 cm³/mol. The number of carbonyl (C=O) groups is 1. The van der Waals surface area contributed by atoms with Crippen LogP contribution in [0.4, 0.5) is 0 Å². The van der Waals surface area contributed by atoms with Gasteiger partial charge in [0, 0.05) is 4.88 Å². The van der Waals surface area contributed by atoms with Gasteiger partial charge in [0.15, 0.2) is 9.90 Å². The van der Waals surface area contributed by atoms with Crippen LogP contribution < -0.4 is 4.72 Å². The topological polar surface area (TPSA) is 85.4 Å². The van der Waals surface area contributed by atoms with E-state index in [1.54, 1.807) is 6.92 Å². The quantitative estimate of drug-likeness (QED) is 0.847. The van der Waals surface area contributed by atoms with Crippen LogP contribution in [0, 0.1) is 0 Å². The van der Waals surface area contributed by atoms with E-state index in [2.05, 4.69) is 14.4 Å². The minimum Gasteiger partial charge on any atom is -0.464 e. The van der Waals surface area contributed by atoms with Gasteiger partial charge in [0.2, 0.25) is 0 Å². The number of methoxy groups -OCH3 is 1. The van der Waals surface area contributed by atoms with Crippen LogP contribution in [0.1, 0.15) is 28.3 Å². The van der Waals surface area contributed by atoms with E-state index >= 15 is 0 Å². The summed E-state index contributed by atoms with van der Waals surface area (Å²) in [5.74, 6) is -0.768. The smallest absolute Gasteiger partial charge is 0.358 e. The molecule has 0 aliphatic rings. The number of nitrogens with zero attached hydrogens (tertiary/aromatic N) is 1. The largest absolute Gasteiger partial charge is 0.464 e. The first-order valence-corrected chi connectivity index (χ1v) is 8.77. The zero-order chi connectivity index (χ0) is 14.8. The summed E-state index contributed by atoms with van der Waals surface area (Å²) in [6.45, 7) is 1.74. The van der Waals surface area contributed by atoms with Crippen molar-refractivity contribution in [1.82, 2.24) is 9.71 Å². The molecule has 0 aliphatic carbocycles. The van der Waals surface area contributed by atoms with Crippen molar-refractivity contribution in [3.63, 3.8) is 0 Å². The molecule has 6 nitrogen and oxygen atoms in total. The van der Waals surface area contributed by atoms with Crippen molar-refractivity contribution < 1.29 is 17.9 Å². The van der Waals surface area contributed by atoms with Gasteiger partial charge >= 0.3 is 5.97 Å². The van der Waals surface area contributed by atoms with Crippen molar-refractivity contribution in [3.05, 3.63) is 33.6 Å². The van der Waals surface area contributed by atoms with E-state index in [1.807, 2.05) is 17.5 Å². The normalized spacial score (nSPS) is 13.1. The Kier molecular flexibility index (Phi) is 4.53. The van der Waals surface area contributed by atoms with Gasteiger partial charge in [-0.15, -0.1) is 22.7 Å². The Morgan fingerprint density at radius 3 is 2.80 bits per heavy atom. The number of thiophene rings is 1. The molecular weight excluding hydrogens is 320 g/mol. The molecule has 1 N–H and O–H groups in total. The van der Waals surface area contributed by atoms with E-state index in [4.69, 9.17) is 0 Å². The van der Waals surface area contributed by atoms with E-state index in [-0.39, 0.29) is 15.9 Å². The molecule has 0 spiro atoms. The number of hydrogen-bond donors (Lipinski definition) is 1. The summed E-state index contributed by atoms with van der Waals surface area (Å²) < 4.78 is 31.5. The number of thiazole rings is 1. The summed E-state index contributed by atoms with van der Waals surface area (Å²) in [7, 11) is -2.64. The Labute approximate surface area is 124 Å². The molecule has 108 valence electrons. The monoisotopic (exact) mass is 332 g/mol. The van der Waals surface area contributed by atoms with Gasteiger partial charge in [-0.3, -0.25) is 0 Å². The highest BCUT2D eigenvalue weighted by Crippen LogP contribution is 2.25. The van der Waals surface area contributed by atoms with Gasteiger partial charge in [0.05, 0.1) is 18.7 Å². The number of sulfonamides is 1. The number of nitrogens with one attached hydrogen (secondary N) is 1. The third-order valence-electron chi connectivity index (χ3n) is 2.46. The molecule has 2 aromatic heterocycles. The van der Waals surface area contributed by atoms with E-state index < -0.39 is 16.0 Å². The fourth-order valence-electron chi connectivity index (χ4n) is 1.54. The Bertz CT molecular complexity index is 691. The third kappa shape index (κ3) is 3.06. The molecule has 0 radical (unpaired) electrons. The van der Waals surface area contributed by atoms with Gasteiger partial charge in [-0.25, -0.2) is 22.9 Å². The van der Waals surface area contributed by atoms with Gasteiger partial charge in [-0.1, -0.05) is 6.07 Å². The minimum atomic E-state index is -3.82. The molecule has 2 heterocycles. The number of aromatic nitrogens is 1. The average molecular weight is 332 g/mol. The summed E-state index contributed by atoms with van der Waals surface area (Å²) >= 11 is 2.33. The first-order valence-electron chi connectivity index (χ1n) is 5.53. The lowest BCUT2D eigenvalue weighted by atomic mass is 10.3. The van der Waals surface area contributed by atoms with Crippen LogP contribution in [-0.4, -0.2) is 26.5 Å². The Morgan fingerprint density at radius 1 is 1.45 bits per heavy atom. The van der Waals surface area contributed by atoms with Gasteiger partial charge in [-0.05, 0) is 18.4 Å². The molecular formula is C11H12N2O4S3. The maximum atomic E-state index is 12.3. The molecule has 2 aromatic rings. The highest BCUT2D eigenvalue weighted by Gasteiger charge is 2.28. The molecule has 0 saturated carbocycles. The van der Waals surface area contributed by atoms with Crippen molar-refractivity contribution in [2.45, 2.75) is 17.2 Å². The van der Waals surface area contributed by atoms with Crippen LogP contribution in [0.15, 0.2) is 27.2 Å². The van der Waals surface area contributed by atoms with Crippen LogP contribution >= 0.6 is 22.7 Å². The lowest BCUT2D eigenvalue weighted by Crippen LogP contribution is -2.27. The molecule has 0 unspecified atom stereocenters. The number of rotatable bonds is 5. The van der Waals surface area contributed by atoms with E-state index in [1.165, 1.54) is 24.0 Å². The molecule has 2 rings (SSSR count). The second-order valence-corrected chi connectivity index (χ2v) is 7.58. The second-order valence-electron chi connectivity index (χ2n) is 3.84. The van der Waals surface area contributed by atoms with Crippen molar-refractivity contribution in [2.75, 3.05) is 7.11 Å². The lowest BCUT2D eigenvalue weighted by Gasteiger charge is -2.12. The summed E-state index contributed by atoms with van der Waals surface area (Å²) in [4.78, 5) is 16.1. The highest BCUT2D eigenvalue weighted by molar-refractivity contribution is 7.91. The standard InChI is InChI=1S/C11H12N2O4S3/c1-7(8-4-3-5-18-8)13-20(15,16)11-9(10(14)17-2)12-6-19-11/h3-7,13H,1-2H3/t7-/m0/s1. The molecule has 20 heavy (non-hydrogen) atoms. The summed E-state index contributed by atoms with van der Waals surface area (Å²) in [6, 6.07) is 3.30.